The second-order valence-electron chi connectivity index (χ2n) is 8.27. The van der Waals surface area contributed by atoms with Gasteiger partial charge in [-0.25, -0.2) is 10.9 Å². The van der Waals surface area contributed by atoms with Gasteiger partial charge < -0.3 is 5.32 Å². The zero-order valence-corrected chi connectivity index (χ0v) is 17.1. The molecule has 4 rings (SSSR count). The van der Waals surface area contributed by atoms with Crippen molar-refractivity contribution in [3.8, 4) is 0 Å². The van der Waals surface area contributed by atoms with Crippen LogP contribution < -0.4 is 16.2 Å². The van der Waals surface area contributed by atoms with Crippen molar-refractivity contribution >= 4 is 5.91 Å². The number of amides is 1. The van der Waals surface area contributed by atoms with Crippen molar-refractivity contribution in [1.29, 1.82) is 0 Å². The molecule has 2 aliphatic heterocycles. The molecular weight excluding hydrogens is 362 g/mol. The summed E-state index contributed by atoms with van der Waals surface area (Å²) in [5.74, 6) is 0.693. The smallest absolute Gasteiger partial charge is 0.224 e. The first-order valence-corrected chi connectivity index (χ1v) is 10.7. The third kappa shape index (κ3) is 5.21. The van der Waals surface area contributed by atoms with Gasteiger partial charge >= 0.3 is 0 Å². The normalized spacial score (nSPS) is 23.2. The van der Waals surface area contributed by atoms with E-state index < -0.39 is 0 Å². The van der Waals surface area contributed by atoms with Crippen LogP contribution in [0.25, 0.3) is 0 Å². The first-order valence-electron chi connectivity index (χ1n) is 10.7. The standard InChI is InChI=1S/C23H31N5O/c1-17-5-2-3-6-19(17)13-23(29)25-15-18-8-11-28(12-9-18)22-14-21(26-27-22)20-7-4-10-24-16-20/h2-7,10,16,18,21-22,26-27H,8-9,11-15H2,1H3,(H,25,29). The third-order valence-corrected chi connectivity index (χ3v) is 6.26. The lowest BCUT2D eigenvalue weighted by atomic mass is 9.95. The van der Waals surface area contributed by atoms with E-state index in [1.807, 2.05) is 36.7 Å². The van der Waals surface area contributed by atoms with Crippen molar-refractivity contribution < 1.29 is 4.79 Å². The lowest BCUT2D eigenvalue weighted by molar-refractivity contribution is -0.120. The van der Waals surface area contributed by atoms with Crippen molar-refractivity contribution in [3.63, 3.8) is 0 Å². The van der Waals surface area contributed by atoms with Crippen LogP contribution in [0.4, 0.5) is 0 Å². The van der Waals surface area contributed by atoms with Crippen LogP contribution in [0.15, 0.2) is 48.8 Å². The molecule has 154 valence electrons. The monoisotopic (exact) mass is 393 g/mol. The van der Waals surface area contributed by atoms with E-state index in [2.05, 4.69) is 45.1 Å². The molecule has 2 atom stereocenters. The first kappa shape index (κ1) is 20.0. The molecule has 29 heavy (non-hydrogen) atoms. The summed E-state index contributed by atoms with van der Waals surface area (Å²) < 4.78 is 0. The molecule has 0 spiro atoms. The van der Waals surface area contributed by atoms with Gasteiger partial charge in [-0.1, -0.05) is 30.3 Å². The fourth-order valence-electron chi connectivity index (χ4n) is 4.35. The van der Waals surface area contributed by atoms with Crippen LogP contribution >= 0.6 is 0 Å². The number of piperidine rings is 1. The zero-order valence-electron chi connectivity index (χ0n) is 17.1. The highest BCUT2D eigenvalue weighted by atomic mass is 16.1. The number of aromatic nitrogens is 1. The van der Waals surface area contributed by atoms with Crippen LogP contribution in [0.2, 0.25) is 0 Å². The van der Waals surface area contributed by atoms with Crippen molar-refractivity contribution in [1.82, 2.24) is 26.1 Å². The van der Waals surface area contributed by atoms with Crippen LogP contribution in [-0.2, 0) is 11.2 Å². The Labute approximate surface area is 173 Å². The van der Waals surface area contributed by atoms with Gasteiger partial charge in [-0.15, -0.1) is 0 Å². The Morgan fingerprint density at radius 2 is 2.00 bits per heavy atom. The van der Waals surface area contributed by atoms with E-state index in [9.17, 15) is 4.79 Å². The van der Waals surface area contributed by atoms with E-state index in [-0.39, 0.29) is 5.91 Å². The summed E-state index contributed by atoms with van der Waals surface area (Å²) in [7, 11) is 0. The molecule has 1 amide bonds. The number of carbonyl (C=O) groups excluding carboxylic acids is 1. The highest BCUT2D eigenvalue weighted by Gasteiger charge is 2.31. The van der Waals surface area contributed by atoms with Crippen molar-refractivity contribution in [2.75, 3.05) is 19.6 Å². The van der Waals surface area contributed by atoms with Gasteiger partial charge in [0.1, 0.15) is 0 Å². The predicted molar refractivity (Wildman–Crippen MR) is 114 cm³/mol. The van der Waals surface area contributed by atoms with Gasteiger partial charge in [0.15, 0.2) is 0 Å². The summed E-state index contributed by atoms with van der Waals surface area (Å²) in [5, 5.41) is 3.15. The van der Waals surface area contributed by atoms with Gasteiger partial charge in [0, 0.05) is 18.9 Å². The summed E-state index contributed by atoms with van der Waals surface area (Å²) >= 11 is 0. The molecule has 2 unspecified atom stereocenters. The molecule has 0 saturated carbocycles. The molecular formula is C23H31N5O. The minimum absolute atomic E-state index is 0.128. The molecule has 2 aromatic rings. The molecule has 6 heteroatoms. The summed E-state index contributed by atoms with van der Waals surface area (Å²) in [5.41, 5.74) is 10.4. The first-order chi connectivity index (χ1) is 14.2. The van der Waals surface area contributed by atoms with E-state index in [4.69, 9.17) is 0 Å². The maximum absolute atomic E-state index is 12.3. The second kappa shape index (κ2) is 9.48. The van der Waals surface area contributed by atoms with Gasteiger partial charge in [-0.05, 0) is 68.0 Å². The largest absolute Gasteiger partial charge is 0.356 e. The van der Waals surface area contributed by atoms with Crippen molar-refractivity contribution in [2.24, 2.45) is 5.92 Å². The number of rotatable bonds is 6. The number of likely N-dealkylation sites (tertiary alicyclic amines) is 1. The van der Waals surface area contributed by atoms with E-state index >= 15 is 0 Å². The molecule has 2 fully saturated rings. The lowest BCUT2D eigenvalue weighted by Crippen LogP contribution is -2.49. The number of nitrogens with zero attached hydrogens (tertiary/aromatic N) is 2. The Morgan fingerprint density at radius 3 is 2.76 bits per heavy atom. The van der Waals surface area contributed by atoms with Crippen LogP contribution in [-0.4, -0.2) is 41.6 Å². The lowest BCUT2D eigenvalue weighted by Gasteiger charge is -2.35. The van der Waals surface area contributed by atoms with Gasteiger partial charge in [-0.2, -0.15) is 0 Å². The summed E-state index contributed by atoms with van der Waals surface area (Å²) in [6.45, 7) is 4.98. The van der Waals surface area contributed by atoms with Gasteiger partial charge in [-0.3, -0.25) is 14.7 Å². The number of aryl methyl sites for hydroxylation is 1. The molecule has 2 aliphatic rings. The molecule has 3 heterocycles. The Hall–Kier alpha value is -2.28. The molecule has 0 radical (unpaired) electrons. The van der Waals surface area contributed by atoms with Crippen LogP contribution in [0.3, 0.4) is 0 Å². The van der Waals surface area contributed by atoms with Gasteiger partial charge in [0.05, 0.1) is 18.6 Å². The number of carbonyl (C=O) groups is 1. The predicted octanol–water partition coefficient (Wildman–Crippen LogP) is 2.33. The maximum Gasteiger partial charge on any atom is 0.224 e. The van der Waals surface area contributed by atoms with E-state index in [1.54, 1.807) is 0 Å². The topological polar surface area (TPSA) is 69.3 Å². The molecule has 0 bridgehead atoms. The Kier molecular flexibility index (Phi) is 6.54. The van der Waals surface area contributed by atoms with E-state index in [0.29, 0.717) is 24.5 Å². The number of benzene rings is 1. The van der Waals surface area contributed by atoms with Crippen LogP contribution in [0.5, 0.6) is 0 Å². The molecule has 2 saturated heterocycles. The Morgan fingerprint density at radius 1 is 1.17 bits per heavy atom. The molecule has 6 nitrogen and oxygen atoms in total. The number of hydrazine groups is 1. The minimum atomic E-state index is 0.128. The van der Waals surface area contributed by atoms with Crippen LogP contribution in [0.1, 0.15) is 42.0 Å². The number of hydrogen-bond acceptors (Lipinski definition) is 5. The SMILES string of the molecule is Cc1ccccc1CC(=O)NCC1CCN(C2CC(c3cccnc3)NN2)CC1. The highest BCUT2D eigenvalue weighted by Crippen LogP contribution is 2.26. The Balaban J connectivity index is 1.18. The highest BCUT2D eigenvalue weighted by molar-refractivity contribution is 5.78. The molecule has 1 aromatic heterocycles. The number of pyridine rings is 1. The third-order valence-electron chi connectivity index (χ3n) is 6.26. The minimum Gasteiger partial charge on any atom is -0.356 e. The average Bonchev–Trinajstić information content (AvgIpc) is 3.25. The average molecular weight is 394 g/mol. The molecule has 0 aliphatic carbocycles. The zero-order chi connectivity index (χ0) is 20.1. The summed E-state index contributed by atoms with van der Waals surface area (Å²) in [4.78, 5) is 19.1. The van der Waals surface area contributed by atoms with Crippen molar-refractivity contribution in [3.05, 3.63) is 65.5 Å². The summed E-state index contributed by atoms with van der Waals surface area (Å²) in [6, 6.07) is 12.5. The maximum atomic E-state index is 12.3. The fourth-order valence-corrected chi connectivity index (χ4v) is 4.35. The van der Waals surface area contributed by atoms with Gasteiger partial charge in [0.2, 0.25) is 5.91 Å². The molecule has 1 aromatic carbocycles. The Bertz CT molecular complexity index is 804. The van der Waals surface area contributed by atoms with Crippen molar-refractivity contribution in [2.45, 2.75) is 44.8 Å². The second-order valence-corrected chi connectivity index (χ2v) is 8.27. The summed E-state index contributed by atoms with van der Waals surface area (Å²) in [6.07, 6.45) is 7.88. The van der Waals surface area contributed by atoms with E-state index in [1.165, 1.54) is 11.1 Å². The molecule has 3 N–H and O–H groups in total. The quantitative estimate of drug-likeness (QED) is 0.703. The van der Waals surface area contributed by atoms with Crippen LogP contribution in [0, 0.1) is 12.8 Å². The van der Waals surface area contributed by atoms with Gasteiger partial charge in [0.25, 0.3) is 0 Å². The number of hydrogen-bond donors (Lipinski definition) is 3. The van der Waals surface area contributed by atoms with E-state index in [0.717, 1.165) is 44.5 Å². The number of nitrogens with one attached hydrogen (secondary N) is 3. The fraction of sp³-hybridized carbons (Fsp3) is 0.478.